The van der Waals surface area contributed by atoms with Crippen molar-refractivity contribution in [3.05, 3.63) is 33.4 Å². The Labute approximate surface area is 275 Å². The summed E-state index contributed by atoms with van der Waals surface area (Å²) in [6.07, 6.45) is -12.5. The lowest BCUT2D eigenvalue weighted by Gasteiger charge is -2.32. The molecule has 20 nitrogen and oxygen atoms in total. The topological polar surface area (TPSA) is 261 Å². The predicted octanol–water partition coefficient (Wildman–Crippen LogP) is -3.07. The summed E-state index contributed by atoms with van der Waals surface area (Å²) in [6, 6.07) is 0. The van der Waals surface area contributed by atoms with Crippen LogP contribution in [0.25, 0.3) is 22.3 Å². The van der Waals surface area contributed by atoms with E-state index >= 15 is 0 Å². The molecule has 0 aliphatic carbocycles. The van der Waals surface area contributed by atoms with Crippen molar-refractivity contribution in [3.8, 4) is 0 Å². The van der Waals surface area contributed by atoms with Crippen LogP contribution in [0.5, 0.6) is 0 Å². The van der Waals surface area contributed by atoms with Crippen LogP contribution < -0.4 is 22.2 Å². The van der Waals surface area contributed by atoms with Crippen LogP contribution in [0.4, 0.5) is 11.9 Å². The SMILES string of the molecule is BP1(=S)OCC2OC(n3cnc4c(=O)[nH]c(NC)nc43)C(O)C2OP(B)(=S)OCC2OC(n3cnc4c(=O)[nH]c(N)nc43)C(O)C2O1. The Balaban J connectivity index is 1.17. The number of nitrogens with one attached hydrogen (secondary N) is 3. The number of aliphatic hydroxyl groups excluding tert-OH is 2. The average molecular weight is 728 g/mol. The molecule has 3 saturated heterocycles. The molecule has 4 aromatic heterocycles. The molecule has 3 aliphatic heterocycles. The summed E-state index contributed by atoms with van der Waals surface area (Å²) >= 11 is 11.4. The zero-order valence-corrected chi connectivity index (χ0v) is 28.2. The lowest BCUT2D eigenvalue weighted by atomic mass is 10.1. The van der Waals surface area contributed by atoms with Crippen molar-refractivity contribution < 1.29 is 37.8 Å². The van der Waals surface area contributed by atoms with Crippen LogP contribution in [0.15, 0.2) is 22.2 Å². The fourth-order valence-electron chi connectivity index (χ4n) is 5.71. The lowest BCUT2D eigenvalue weighted by Crippen LogP contribution is -2.39. The van der Waals surface area contributed by atoms with Crippen LogP contribution in [0.3, 0.4) is 0 Å². The van der Waals surface area contributed by atoms with E-state index in [0.29, 0.717) is 0 Å². The molecular formula is C21H28B2N10O10P2S2. The molecule has 3 fully saturated rings. The van der Waals surface area contributed by atoms with E-state index in [9.17, 15) is 19.8 Å². The molecule has 7 heterocycles. The number of nitrogen functional groups attached to an aromatic ring is 1. The van der Waals surface area contributed by atoms with E-state index in [-0.39, 0.29) is 47.4 Å². The Morgan fingerprint density at radius 3 is 1.85 bits per heavy atom. The largest absolute Gasteiger partial charge is 0.386 e. The van der Waals surface area contributed by atoms with E-state index < -0.39 is 72.9 Å². The van der Waals surface area contributed by atoms with Crippen LogP contribution in [0, 0.1) is 0 Å². The minimum Gasteiger partial charge on any atom is -0.386 e. The van der Waals surface area contributed by atoms with Crippen molar-refractivity contribution >= 4 is 85.7 Å². The summed E-state index contributed by atoms with van der Waals surface area (Å²) in [5, 5.41) is 25.7. The van der Waals surface area contributed by atoms with Gasteiger partial charge in [-0.1, -0.05) is 0 Å². The van der Waals surface area contributed by atoms with Gasteiger partial charge in [-0.2, -0.15) is 9.97 Å². The fourth-order valence-corrected chi connectivity index (χ4v) is 9.03. The summed E-state index contributed by atoms with van der Waals surface area (Å²) in [6.45, 7) is -0.396. The Bertz CT molecular complexity index is 2080. The van der Waals surface area contributed by atoms with Crippen molar-refractivity contribution in [1.82, 2.24) is 39.0 Å². The summed E-state index contributed by atoms with van der Waals surface area (Å²) in [7, 11) is 4.74. The second kappa shape index (κ2) is 12.1. The van der Waals surface area contributed by atoms with E-state index in [1.54, 1.807) is 22.2 Å². The standard InChI is InChI=1S/C21H28B2N10O10P2S2/c1-25-21-29-15-9(17(37)31-21)27-5-33(15)19-11(35)13-7(41-19)3-39-44(22,46)42-12-6(2-38-45(23,47)43-13)40-18(10(12)34)32-4-26-8-14(32)28-20(24)30-16(8)36/h4-7,10-13,18-19,34-35H,2-3,22-23H2,1H3,(H3,24,28,30,36)(H2,25,29,31,37). The first kappa shape index (κ1) is 32.9. The fraction of sp³-hybridized carbons (Fsp3) is 0.524. The highest BCUT2D eigenvalue weighted by atomic mass is 32.5. The third-order valence-corrected chi connectivity index (χ3v) is 11.5. The monoisotopic (exact) mass is 728 g/mol. The first-order valence-corrected chi connectivity index (χ1v) is 20.3. The van der Waals surface area contributed by atoms with E-state index in [2.05, 4.69) is 35.2 Å². The molecule has 10 atom stereocenters. The average Bonchev–Trinajstić information content (AvgIpc) is 3.76. The first-order chi connectivity index (χ1) is 22.2. The third-order valence-electron chi connectivity index (χ3n) is 7.86. The number of hydrogen-bond donors (Lipinski definition) is 6. The van der Waals surface area contributed by atoms with Crippen molar-refractivity contribution in [1.29, 1.82) is 0 Å². The van der Waals surface area contributed by atoms with Crippen molar-refractivity contribution in [3.63, 3.8) is 0 Å². The first-order valence-electron chi connectivity index (χ1n) is 14.1. The van der Waals surface area contributed by atoms with Crippen molar-refractivity contribution in [2.24, 2.45) is 0 Å². The lowest BCUT2D eigenvalue weighted by molar-refractivity contribution is -0.0530. The van der Waals surface area contributed by atoms with Gasteiger partial charge < -0.3 is 48.8 Å². The van der Waals surface area contributed by atoms with Gasteiger partial charge in [-0.05, 0) is 23.6 Å². The van der Waals surface area contributed by atoms with Gasteiger partial charge in [0, 0.05) is 7.05 Å². The van der Waals surface area contributed by atoms with Gasteiger partial charge >= 0.3 is 0 Å². The Morgan fingerprint density at radius 2 is 1.36 bits per heavy atom. The van der Waals surface area contributed by atoms with Crippen molar-refractivity contribution in [2.45, 2.75) is 49.1 Å². The number of rotatable bonds is 3. The van der Waals surface area contributed by atoms with E-state index in [4.69, 9.17) is 56.9 Å². The number of nitrogens with zero attached hydrogens (tertiary/aromatic N) is 6. The smallest absolute Gasteiger partial charge is 0.280 e. The molecule has 10 unspecified atom stereocenters. The third kappa shape index (κ3) is 6.00. The van der Waals surface area contributed by atoms with Gasteiger partial charge in [-0.25, -0.2) is 9.97 Å². The Hall–Kier alpha value is -2.59. The normalized spacial score (nSPS) is 36.5. The van der Waals surface area contributed by atoms with Gasteiger partial charge in [0.2, 0.25) is 27.0 Å². The van der Waals surface area contributed by atoms with Crippen LogP contribution in [0.2, 0.25) is 0 Å². The number of aromatic amines is 2. The quantitative estimate of drug-likeness (QED) is 0.0903. The van der Waals surface area contributed by atoms with Crippen LogP contribution in [-0.4, -0.2) is 121 Å². The second-order valence-corrected chi connectivity index (χ2v) is 19.2. The number of anilines is 2. The predicted molar refractivity (Wildman–Crippen MR) is 177 cm³/mol. The van der Waals surface area contributed by atoms with Gasteiger partial charge in [0.05, 0.1) is 25.9 Å². The van der Waals surface area contributed by atoms with Crippen LogP contribution in [-0.2, 0) is 51.2 Å². The number of hydrogen-bond acceptors (Lipinski definition) is 18. The van der Waals surface area contributed by atoms with Crippen LogP contribution >= 0.6 is 12.7 Å². The molecule has 0 amide bonds. The molecule has 26 heteroatoms. The highest BCUT2D eigenvalue weighted by molar-refractivity contribution is 8.21. The maximum atomic E-state index is 12.5. The minimum absolute atomic E-state index is 0.00314. The second-order valence-electron chi connectivity index (χ2n) is 11.1. The van der Waals surface area contributed by atoms with Gasteiger partial charge in [-0.15, -0.1) is 0 Å². The molecule has 0 saturated carbocycles. The zero-order valence-electron chi connectivity index (χ0n) is 24.8. The Kier molecular flexibility index (Phi) is 8.46. The van der Waals surface area contributed by atoms with E-state index in [0.717, 1.165) is 0 Å². The number of aromatic nitrogens is 8. The molecule has 3 aliphatic rings. The summed E-state index contributed by atoms with van der Waals surface area (Å²) in [4.78, 5) is 46.6. The van der Waals surface area contributed by atoms with E-state index in [1.807, 2.05) is 0 Å². The molecule has 7 N–H and O–H groups in total. The molecule has 47 heavy (non-hydrogen) atoms. The minimum atomic E-state index is -3.15. The maximum absolute atomic E-state index is 12.5. The molecule has 0 bridgehead atoms. The van der Waals surface area contributed by atoms with Gasteiger partial charge in [0.15, 0.2) is 34.8 Å². The van der Waals surface area contributed by atoms with E-state index in [1.165, 1.54) is 21.8 Å². The van der Waals surface area contributed by atoms with Crippen LogP contribution in [0.1, 0.15) is 12.5 Å². The molecular weight excluding hydrogens is 700 g/mol. The summed E-state index contributed by atoms with van der Waals surface area (Å²) < 4.78 is 39.8. The number of fused-ring (bicyclic) bond motifs is 4. The number of ether oxygens (including phenoxy) is 2. The van der Waals surface area contributed by atoms with Gasteiger partial charge in [0.1, 0.15) is 49.4 Å². The number of aliphatic hydroxyl groups is 2. The molecule has 0 spiro atoms. The summed E-state index contributed by atoms with van der Waals surface area (Å²) in [5.74, 6) is 0.0479. The van der Waals surface area contributed by atoms with Crippen molar-refractivity contribution in [2.75, 3.05) is 31.3 Å². The Morgan fingerprint density at radius 1 is 0.894 bits per heavy atom. The highest BCUT2D eigenvalue weighted by Crippen LogP contribution is 2.53. The molecule has 0 radical (unpaired) electrons. The molecule has 250 valence electrons. The molecule has 4 aromatic rings. The molecule has 0 aromatic carbocycles. The maximum Gasteiger partial charge on any atom is 0.280 e. The summed E-state index contributed by atoms with van der Waals surface area (Å²) in [5.41, 5.74) is 5.00. The van der Waals surface area contributed by atoms with Gasteiger partial charge in [-0.3, -0.25) is 28.7 Å². The molecule has 7 rings (SSSR count). The number of H-pyrrole nitrogens is 2. The van der Waals surface area contributed by atoms with Gasteiger partial charge in [0.25, 0.3) is 11.1 Å². The zero-order chi connectivity index (χ0) is 33.4. The highest BCUT2D eigenvalue weighted by Gasteiger charge is 2.51. The number of imidazole rings is 2. The number of nitrogens with two attached hydrogens (primary N) is 1.